The number of aliphatic hydroxyl groups is 1. The van der Waals surface area contributed by atoms with E-state index < -0.39 is 6.10 Å². The first-order valence-corrected chi connectivity index (χ1v) is 6.64. The van der Waals surface area contributed by atoms with Crippen molar-refractivity contribution in [3.8, 4) is 0 Å². The van der Waals surface area contributed by atoms with Crippen LogP contribution in [0.2, 0.25) is 0 Å². The number of nitrogens with one attached hydrogen (secondary N) is 1. The molecule has 3 heteroatoms. The number of rotatable bonds is 2. The summed E-state index contributed by atoms with van der Waals surface area (Å²) >= 11 is 0. The topological polar surface area (TPSA) is 49.3 Å². The second-order valence-corrected chi connectivity index (χ2v) is 5.23. The molecule has 1 amide bonds. The lowest BCUT2D eigenvalue weighted by molar-refractivity contribution is 0.0717. The molecule has 2 atom stereocenters. The van der Waals surface area contributed by atoms with Crippen LogP contribution in [-0.2, 0) is 0 Å². The first-order chi connectivity index (χ1) is 8.58. The monoisotopic (exact) mass is 247 g/mol. The molecule has 98 valence electrons. The number of carbonyl (C=O) groups is 1. The van der Waals surface area contributed by atoms with Gasteiger partial charge in [0, 0.05) is 5.56 Å². The van der Waals surface area contributed by atoms with Crippen LogP contribution in [0.25, 0.3) is 0 Å². The van der Waals surface area contributed by atoms with Crippen molar-refractivity contribution in [2.75, 3.05) is 0 Å². The van der Waals surface area contributed by atoms with E-state index in [0.717, 1.165) is 31.2 Å². The van der Waals surface area contributed by atoms with Crippen LogP contribution in [0.1, 0.15) is 47.2 Å². The molecule has 0 aromatic heterocycles. The average Bonchev–Trinajstić information content (AvgIpc) is 2.35. The number of aliphatic hydroxyl groups excluding tert-OH is 1. The summed E-state index contributed by atoms with van der Waals surface area (Å²) in [6.45, 7) is 4.03. The Morgan fingerprint density at radius 1 is 1.22 bits per heavy atom. The van der Waals surface area contributed by atoms with E-state index in [0.29, 0.717) is 5.56 Å². The number of hydrogen-bond donors (Lipinski definition) is 2. The first kappa shape index (κ1) is 13.1. The molecular weight excluding hydrogens is 226 g/mol. The number of aryl methyl sites for hydroxylation is 2. The molecule has 0 bridgehead atoms. The highest BCUT2D eigenvalue weighted by molar-refractivity contribution is 5.94. The van der Waals surface area contributed by atoms with Crippen molar-refractivity contribution in [2.24, 2.45) is 0 Å². The molecule has 1 saturated carbocycles. The Hall–Kier alpha value is -1.35. The molecule has 0 spiro atoms. The Balaban J connectivity index is 2.04. The molecule has 1 aliphatic carbocycles. The number of amides is 1. The van der Waals surface area contributed by atoms with E-state index in [-0.39, 0.29) is 11.9 Å². The molecule has 2 unspecified atom stereocenters. The first-order valence-electron chi connectivity index (χ1n) is 6.64. The molecule has 0 aliphatic heterocycles. The smallest absolute Gasteiger partial charge is 0.251 e. The van der Waals surface area contributed by atoms with E-state index in [1.54, 1.807) is 0 Å². The normalized spacial score (nSPS) is 23.7. The zero-order valence-corrected chi connectivity index (χ0v) is 11.1. The Labute approximate surface area is 108 Å². The van der Waals surface area contributed by atoms with Gasteiger partial charge >= 0.3 is 0 Å². The summed E-state index contributed by atoms with van der Waals surface area (Å²) in [4.78, 5) is 12.1. The summed E-state index contributed by atoms with van der Waals surface area (Å²) in [6, 6.07) is 5.61. The van der Waals surface area contributed by atoms with Crippen LogP contribution in [0.3, 0.4) is 0 Å². The van der Waals surface area contributed by atoms with Gasteiger partial charge < -0.3 is 10.4 Å². The summed E-state index contributed by atoms with van der Waals surface area (Å²) < 4.78 is 0. The molecule has 1 aliphatic rings. The highest BCUT2D eigenvalue weighted by atomic mass is 16.3. The van der Waals surface area contributed by atoms with Crippen LogP contribution >= 0.6 is 0 Å². The van der Waals surface area contributed by atoms with Crippen molar-refractivity contribution in [3.63, 3.8) is 0 Å². The number of carbonyl (C=O) groups excluding carboxylic acids is 1. The van der Waals surface area contributed by atoms with Crippen LogP contribution in [-0.4, -0.2) is 23.2 Å². The molecule has 18 heavy (non-hydrogen) atoms. The SMILES string of the molecule is Cc1ccc(C(=O)NC2CCCCC2O)cc1C. The van der Waals surface area contributed by atoms with Crippen molar-refractivity contribution < 1.29 is 9.90 Å². The Bertz CT molecular complexity index is 442. The van der Waals surface area contributed by atoms with E-state index in [1.807, 2.05) is 32.0 Å². The number of benzene rings is 1. The van der Waals surface area contributed by atoms with Crippen molar-refractivity contribution in [1.29, 1.82) is 0 Å². The molecule has 0 heterocycles. The zero-order valence-electron chi connectivity index (χ0n) is 11.1. The molecule has 3 nitrogen and oxygen atoms in total. The quantitative estimate of drug-likeness (QED) is 0.842. The summed E-state index contributed by atoms with van der Waals surface area (Å²) in [5.74, 6) is -0.0796. The Morgan fingerprint density at radius 2 is 1.94 bits per heavy atom. The Kier molecular flexibility index (Phi) is 4.02. The van der Waals surface area contributed by atoms with Crippen LogP contribution in [0.15, 0.2) is 18.2 Å². The van der Waals surface area contributed by atoms with Crippen LogP contribution in [0.4, 0.5) is 0 Å². The summed E-state index contributed by atoms with van der Waals surface area (Å²) in [7, 11) is 0. The molecule has 1 aromatic rings. The fourth-order valence-corrected chi connectivity index (χ4v) is 2.41. The second kappa shape index (κ2) is 5.53. The summed E-state index contributed by atoms with van der Waals surface area (Å²) in [5.41, 5.74) is 2.98. The van der Waals surface area contributed by atoms with E-state index in [4.69, 9.17) is 0 Å². The Morgan fingerprint density at radius 3 is 2.61 bits per heavy atom. The minimum absolute atomic E-state index is 0.0796. The molecule has 0 saturated heterocycles. The summed E-state index contributed by atoms with van der Waals surface area (Å²) in [6.07, 6.45) is 3.40. The lowest BCUT2D eigenvalue weighted by Crippen LogP contribution is -2.45. The maximum absolute atomic E-state index is 12.1. The standard InChI is InChI=1S/C15H21NO2/c1-10-7-8-12(9-11(10)2)15(18)16-13-5-3-4-6-14(13)17/h7-9,13-14,17H,3-6H2,1-2H3,(H,16,18). The third kappa shape index (κ3) is 2.91. The fourth-order valence-electron chi connectivity index (χ4n) is 2.41. The van der Waals surface area contributed by atoms with Crippen molar-refractivity contribution in [1.82, 2.24) is 5.32 Å². The highest BCUT2D eigenvalue weighted by Gasteiger charge is 2.24. The fraction of sp³-hybridized carbons (Fsp3) is 0.533. The highest BCUT2D eigenvalue weighted by Crippen LogP contribution is 2.19. The van der Waals surface area contributed by atoms with Gasteiger partial charge in [-0.15, -0.1) is 0 Å². The van der Waals surface area contributed by atoms with Crippen LogP contribution in [0.5, 0.6) is 0 Å². The maximum Gasteiger partial charge on any atom is 0.251 e. The third-order valence-corrected chi connectivity index (χ3v) is 3.82. The predicted octanol–water partition coefficient (Wildman–Crippen LogP) is 2.34. The zero-order chi connectivity index (χ0) is 13.1. The second-order valence-electron chi connectivity index (χ2n) is 5.23. The van der Waals surface area contributed by atoms with Gasteiger partial charge in [-0.25, -0.2) is 0 Å². The lowest BCUT2D eigenvalue weighted by atomic mass is 9.92. The van der Waals surface area contributed by atoms with Crippen molar-refractivity contribution in [3.05, 3.63) is 34.9 Å². The van der Waals surface area contributed by atoms with Gasteiger partial charge in [0.05, 0.1) is 12.1 Å². The largest absolute Gasteiger partial charge is 0.391 e. The predicted molar refractivity (Wildman–Crippen MR) is 71.6 cm³/mol. The van der Waals surface area contributed by atoms with E-state index in [1.165, 1.54) is 5.56 Å². The van der Waals surface area contributed by atoms with Crippen molar-refractivity contribution in [2.45, 2.75) is 51.7 Å². The van der Waals surface area contributed by atoms with Crippen LogP contribution in [0, 0.1) is 13.8 Å². The third-order valence-electron chi connectivity index (χ3n) is 3.82. The van der Waals surface area contributed by atoms with Crippen molar-refractivity contribution >= 4 is 5.91 Å². The molecule has 2 rings (SSSR count). The number of hydrogen-bond acceptors (Lipinski definition) is 2. The van der Waals surface area contributed by atoms with Gasteiger partial charge in [0.15, 0.2) is 0 Å². The van der Waals surface area contributed by atoms with Gasteiger partial charge in [-0.3, -0.25) is 4.79 Å². The molecule has 0 radical (unpaired) electrons. The minimum Gasteiger partial charge on any atom is -0.391 e. The van der Waals surface area contributed by atoms with Crippen LogP contribution < -0.4 is 5.32 Å². The van der Waals surface area contributed by atoms with Gasteiger partial charge in [0.2, 0.25) is 0 Å². The molecular formula is C15H21NO2. The summed E-state index contributed by atoms with van der Waals surface area (Å²) in [5, 5.41) is 12.8. The van der Waals surface area contributed by atoms with E-state index >= 15 is 0 Å². The minimum atomic E-state index is -0.394. The van der Waals surface area contributed by atoms with Gasteiger partial charge in [0.25, 0.3) is 5.91 Å². The molecule has 1 aromatic carbocycles. The van der Waals surface area contributed by atoms with E-state index in [9.17, 15) is 9.90 Å². The van der Waals surface area contributed by atoms with Gasteiger partial charge in [0.1, 0.15) is 0 Å². The molecule has 1 fully saturated rings. The lowest BCUT2D eigenvalue weighted by Gasteiger charge is -2.28. The average molecular weight is 247 g/mol. The van der Waals surface area contributed by atoms with Gasteiger partial charge in [-0.2, -0.15) is 0 Å². The van der Waals surface area contributed by atoms with Gasteiger partial charge in [-0.05, 0) is 49.9 Å². The molecule has 2 N–H and O–H groups in total. The van der Waals surface area contributed by atoms with Gasteiger partial charge in [-0.1, -0.05) is 18.9 Å². The maximum atomic E-state index is 12.1. The van der Waals surface area contributed by atoms with E-state index in [2.05, 4.69) is 5.32 Å².